The molecule has 0 saturated carbocycles. The fourth-order valence-electron chi connectivity index (χ4n) is 1.46. The lowest BCUT2D eigenvalue weighted by Crippen LogP contribution is -2.06. The Balaban J connectivity index is 1.88. The summed E-state index contributed by atoms with van der Waals surface area (Å²) in [5.41, 5.74) is 1.56. The number of nitrogens with one attached hydrogen (secondary N) is 1. The van der Waals surface area contributed by atoms with Crippen LogP contribution < -0.4 is 5.32 Å². The number of rotatable bonds is 4. The smallest absolute Gasteiger partial charge is 0.223 e. The number of aromatic nitrogens is 2. The van der Waals surface area contributed by atoms with E-state index in [1.807, 2.05) is 18.2 Å². The van der Waals surface area contributed by atoms with Crippen molar-refractivity contribution >= 4 is 5.69 Å². The van der Waals surface area contributed by atoms with Crippen molar-refractivity contribution in [2.45, 2.75) is 13.3 Å². The molecule has 0 atom stereocenters. The number of hydrogen-bond acceptors (Lipinski definition) is 5. The molecule has 1 heterocycles. The lowest BCUT2D eigenvalue weighted by atomic mass is 10.2. The number of aryl methyl sites for hydroxylation is 1. The Morgan fingerprint density at radius 3 is 3.06 bits per heavy atom. The Morgan fingerprint density at radius 1 is 1.47 bits per heavy atom. The summed E-state index contributed by atoms with van der Waals surface area (Å²) in [4.78, 5) is 4.11. The number of nitriles is 1. The van der Waals surface area contributed by atoms with Crippen molar-refractivity contribution in [1.29, 1.82) is 5.26 Å². The predicted octanol–water partition coefficient (Wildman–Crippen LogP) is 1.90. The molecule has 0 aliphatic heterocycles. The van der Waals surface area contributed by atoms with E-state index in [-0.39, 0.29) is 0 Å². The largest absolute Gasteiger partial charge is 0.385 e. The molecular weight excluding hydrogens is 216 g/mol. The van der Waals surface area contributed by atoms with Crippen LogP contribution in [0.1, 0.15) is 17.3 Å². The number of anilines is 1. The SMILES string of the molecule is Cc1nc(CCNc2cccc(C#N)c2)no1. The molecule has 86 valence electrons. The van der Waals surface area contributed by atoms with Crippen LogP contribution in [0.4, 0.5) is 5.69 Å². The second-order valence-electron chi connectivity index (χ2n) is 3.60. The molecule has 0 fully saturated rings. The van der Waals surface area contributed by atoms with Crippen molar-refractivity contribution in [1.82, 2.24) is 10.1 Å². The van der Waals surface area contributed by atoms with Gasteiger partial charge in [-0.2, -0.15) is 10.2 Å². The summed E-state index contributed by atoms with van der Waals surface area (Å²) in [6, 6.07) is 9.44. The highest BCUT2D eigenvalue weighted by molar-refractivity contribution is 5.49. The molecule has 1 aromatic carbocycles. The van der Waals surface area contributed by atoms with Crippen LogP contribution >= 0.6 is 0 Å². The van der Waals surface area contributed by atoms with E-state index in [1.165, 1.54) is 0 Å². The van der Waals surface area contributed by atoms with Crippen LogP contribution in [0.2, 0.25) is 0 Å². The van der Waals surface area contributed by atoms with Crippen LogP contribution in [0.15, 0.2) is 28.8 Å². The lowest BCUT2D eigenvalue weighted by Gasteiger charge is -2.04. The predicted molar refractivity (Wildman–Crippen MR) is 62.4 cm³/mol. The van der Waals surface area contributed by atoms with Gasteiger partial charge in [0.15, 0.2) is 5.82 Å². The second kappa shape index (κ2) is 5.12. The highest BCUT2D eigenvalue weighted by Crippen LogP contribution is 2.09. The molecule has 0 radical (unpaired) electrons. The zero-order valence-corrected chi connectivity index (χ0v) is 9.47. The lowest BCUT2D eigenvalue weighted by molar-refractivity contribution is 0.387. The Hall–Kier alpha value is -2.35. The van der Waals surface area contributed by atoms with E-state index < -0.39 is 0 Å². The molecular formula is C12H12N4O. The van der Waals surface area contributed by atoms with E-state index >= 15 is 0 Å². The van der Waals surface area contributed by atoms with Gasteiger partial charge in [0.05, 0.1) is 11.6 Å². The van der Waals surface area contributed by atoms with Crippen molar-refractivity contribution in [3.05, 3.63) is 41.5 Å². The summed E-state index contributed by atoms with van der Waals surface area (Å²) in [6.45, 7) is 2.47. The van der Waals surface area contributed by atoms with Crippen LogP contribution in [0.25, 0.3) is 0 Å². The van der Waals surface area contributed by atoms with Crippen molar-refractivity contribution in [3.63, 3.8) is 0 Å². The molecule has 5 heteroatoms. The maximum Gasteiger partial charge on any atom is 0.223 e. The van der Waals surface area contributed by atoms with E-state index in [9.17, 15) is 0 Å². The molecule has 0 aliphatic rings. The highest BCUT2D eigenvalue weighted by atomic mass is 16.5. The molecule has 0 aliphatic carbocycles. The maximum atomic E-state index is 8.76. The third-order valence-corrected chi connectivity index (χ3v) is 2.24. The van der Waals surface area contributed by atoms with Crippen LogP contribution in [0.3, 0.4) is 0 Å². The average molecular weight is 228 g/mol. The van der Waals surface area contributed by atoms with Crippen molar-refractivity contribution < 1.29 is 4.52 Å². The third kappa shape index (κ3) is 3.05. The van der Waals surface area contributed by atoms with Crippen molar-refractivity contribution in [3.8, 4) is 6.07 Å². The van der Waals surface area contributed by atoms with E-state index in [1.54, 1.807) is 13.0 Å². The Morgan fingerprint density at radius 2 is 2.35 bits per heavy atom. The van der Waals surface area contributed by atoms with E-state index in [4.69, 9.17) is 9.78 Å². The van der Waals surface area contributed by atoms with Gasteiger partial charge in [-0.1, -0.05) is 11.2 Å². The third-order valence-electron chi connectivity index (χ3n) is 2.24. The Bertz CT molecular complexity index is 541. The van der Waals surface area contributed by atoms with Gasteiger partial charge in [0.1, 0.15) is 0 Å². The van der Waals surface area contributed by atoms with Gasteiger partial charge in [0, 0.05) is 25.6 Å². The summed E-state index contributed by atoms with van der Waals surface area (Å²) in [7, 11) is 0. The molecule has 17 heavy (non-hydrogen) atoms. The summed E-state index contributed by atoms with van der Waals surface area (Å²) in [6.07, 6.45) is 0.689. The highest BCUT2D eigenvalue weighted by Gasteiger charge is 2.01. The monoisotopic (exact) mass is 228 g/mol. The van der Waals surface area contributed by atoms with E-state index in [2.05, 4.69) is 21.5 Å². The fourth-order valence-corrected chi connectivity index (χ4v) is 1.46. The van der Waals surface area contributed by atoms with Gasteiger partial charge in [0.2, 0.25) is 5.89 Å². The van der Waals surface area contributed by atoms with Crippen LogP contribution in [-0.4, -0.2) is 16.7 Å². The van der Waals surface area contributed by atoms with Gasteiger partial charge in [0.25, 0.3) is 0 Å². The summed E-state index contributed by atoms with van der Waals surface area (Å²) < 4.78 is 4.87. The first-order chi connectivity index (χ1) is 8.28. The second-order valence-corrected chi connectivity index (χ2v) is 3.60. The topological polar surface area (TPSA) is 74.7 Å². The fraction of sp³-hybridized carbons (Fsp3) is 0.250. The molecule has 2 aromatic rings. The van der Waals surface area contributed by atoms with E-state index in [0.29, 0.717) is 30.2 Å². The van der Waals surface area contributed by atoms with Crippen LogP contribution in [0.5, 0.6) is 0 Å². The molecule has 1 N–H and O–H groups in total. The number of benzene rings is 1. The summed E-state index contributed by atoms with van der Waals surface area (Å²) in [5.74, 6) is 1.26. The summed E-state index contributed by atoms with van der Waals surface area (Å²) >= 11 is 0. The average Bonchev–Trinajstić information content (AvgIpc) is 2.75. The van der Waals surface area contributed by atoms with Crippen molar-refractivity contribution in [2.75, 3.05) is 11.9 Å². The molecule has 0 saturated heterocycles. The quantitative estimate of drug-likeness (QED) is 0.865. The first kappa shape index (κ1) is 11.1. The molecule has 0 unspecified atom stereocenters. The van der Waals surface area contributed by atoms with Crippen molar-refractivity contribution in [2.24, 2.45) is 0 Å². The van der Waals surface area contributed by atoms with Gasteiger partial charge in [-0.15, -0.1) is 0 Å². The molecule has 0 amide bonds. The molecule has 1 aromatic heterocycles. The molecule has 0 bridgehead atoms. The number of nitrogens with zero attached hydrogens (tertiary/aromatic N) is 3. The maximum absolute atomic E-state index is 8.76. The first-order valence-electron chi connectivity index (χ1n) is 5.31. The van der Waals surface area contributed by atoms with Gasteiger partial charge >= 0.3 is 0 Å². The Kier molecular flexibility index (Phi) is 3.36. The minimum Gasteiger partial charge on any atom is -0.385 e. The van der Waals surface area contributed by atoms with Crippen LogP contribution in [-0.2, 0) is 6.42 Å². The normalized spacial score (nSPS) is 9.88. The summed E-state index contributed by atoms with van der Waals surface area (Å²) in [5, 5.41) is 15.8. The van der Waals surface area contributed by atoms with Gasteiger partial charge in [-0.25, -0.2) is 0 Å². The van der Waals surface area contributed by atoms with Gasteiger partial charge < -0.3 is 9.84 Å². The zero-order valence-electron chi connectivity index (χ0n) is 9.47. The minimum atomic E-state index is 0.575. The number of hydrogen-bond donors (Lipinski definition) is 1. The van der Waals surface area contributed by atoms with E-state index in [0.717, 1.165) is 5.69 Å². The molecule has 0 spiro atoms. The zero-order chi connectivity index (χ0) is 12.1. The molecule has 2 rings (SSSR count). The minimum absolute atomic E-state index is 0.575. The van der Waals surface area contributed by atoms with Gasteiger partial charge in [-0.3, -0.25) is 0 Å². The first-order valence-corrected chi connectivity index (χ1v) is 5.31. The van der Waals surface area contributed by atoms with Crippen LogP contribution in [0, 0.1) is 18.3 Å². The Labute approximate surface area is 99.1 Å². The van der Waals surface area contributed by atoms with Gasteiger partial charge in [-0.05, 0) is 18.2 Å². The standard InChI is InChI=1S/C12H12N4O/c1-9-15-12(16-17-9)5-6-14-11-4-2-3-10(7-11)8-13/h2-4,7,14H,5-6H2,1H3. The molecule has 5 nitrogen and oxygen atoms in total.